The van der Waals surface area contributed by atoms with Gasteiger partial charge < -0.3 is 9.47 Å². The van der Waals surface area contributed by atoms with E-state index < -0.39 is 5.92 Å². The van der Waals surface area contributed by atoms with Crippen molar-refractivity contribution < 1.29 is 19.1 Å². The first kappa shape index (κ1) is 18.4. The number of hydrogen-bond acceptors (Lipinski definition) is 5. The van der Waals surface area contributed by atoms with E-state index in [4.69, 9.17) is 9.47 Å². The van der Waals surface area contributed by atoms with Crippen LogP contribution >= 0.6 is 0 Å². The number of benzene rings is 1. The van der Waals surface area contributed by atoms with Crippen molar-refractivity contribution in [3.8, 4) is 5.75 Å². The van der Waals surface area contributed by atoms with Crippen LogP contribution in [-0.2, 0) is 14.3 Å². The van der Waals surface area contributed by atoms with Crippen LogP contribution in [0.2, 0.25) is 0 Å². The lowest BCUT2D eigenvalue weighted by Gasteiger charge is -2.34. The summed E-state index contributed by atoms with van der Waals surface area (Å²) in [6.45, 7) is 5.50. The molecular weight excluding hydrogens is 330 g/mol. The van der Waals surface area contributed by atoms with Crippen LogP contribution in [0.15, 0.2) is 40.5 Å². The quantitative estimate of drug-likeness (QED) is 0.770. The summed E-state index contributed by atoms with van der Waals surface area (Å²) in [6.07, 6.45) is 1.85. The summed E-state index contributed by atoms with van der Waals surface area (Å²) in [5.74, 6) is -0.525. The Bertz CT molecular complexity index is 791. The second-order valence-electron chi connectivity index (χ2n) is 7.11. The first-order valence-corrected chi connectivity index (χ1v) is 9.08. The van der Waals surface area contributed by atoms with Gasteiger partial charge in [0.2, 0.25) is 0 Å². The molecule has 5 nitrogen and oxygen atoms in total. The zero-order valence-corrected chi connectivity index (χ0v) is 15.7. The molecule has 138 valence electrons. The second kappa shape index (κ2) is 7.44. The van der Waals surface area contributed by atoms with E-state index in [1.165, 1.54) is 0 Å². The number of esters is 1. The molecule has 0 saturated carbocycles. The lowest BCUT2D eigenvalue weighted by Crippen LogP contribution is -2.38. The van der Waals surface area contributed by atoms with E-state index in [9.17, 15) is 9.59 Å². The van der Waals surface area contributed by atoms with Crippen molar-refractivity contribution in [2.45, 2.75) is 52.1 Å². The summed E-state index contributed by atoms with van der Waals surface area (Å²) in [4.78, 5) is 30.2. The number of ether oxygens (including phenoxy) is 2. The standard InChI is InChI=1S/C21H25NO4/c1-12(2)26-21(24)18-13(3)22-16-9-6-10-17(23)20(16)19(18)14-7-5-8-15(11-14)25-4/h5,7-8,11-12,18-19H,6,9-10H2,1-4H3/t18?,19-/m0/s1. The van der Waals surface area contributed by atoms with Crippen molar-refractivity contribution in [3.63, 3.8) is 0 Å². The zero-order chi connectivity index (χ0) is 18.8. The summed E-state index contributed by atoms with van der Waals surface area (Å²) in [7, 11) is 1.60. The van der Waals surface area contributed by atoms with Gasteiger partial charge in [-0.25, -0.2) is 0 Å². The maximum Gasteiger partial charge on any atom is 0.315 e. The first-order chi connectivity index (χ1) is 12.4. The minimum absolute atomic E-state index is 0.0812. The number of Topliss-reactive ketones (excluding diaryl/α,β-unsaturated/α-hetero) is 1. The average molecular weight is 355 g/mol. The van der Waals surface area contributed by atoms with Crippen molar-refractivity contribution in [2.75, 3.05) is 7.11 Å². The molecule has 1 aliphatic carbocycles. The Labute approximate surface area is 154 Å². The summed E-state index contributed by atoms with van der Waals surface area (Å²) in [5, 5.41) is 0. The molecule has 1 heterocycles. The van der Waals surface area contributed by atoms with Gasteiger partial charge in [-0.2, -0.15) is 0 Å². The Morgan fingerprint density at radius 3 is 2.73 bits per heavy atom. The molecule has 1 aromatic rings. The van der Waals surface area contributed by atoms with Crippen LogP contribution in [0.3, 0.4) is 0 Å². The van der Waals surface area contributed by atoms with Crippen LogP contribution in [0.1, 0.15) is 51.5 Å². The van der Waals surface area contributed by atoms with E-state index in [0.717, 1.165) is 24.1 Å². The molecule has 0 bridgehead atoms. The van der Waals surface area contributed by atoms with Crippen molar-refractivity contribution in [1.29, 1.82) is 0 Å². The van der Waals surface area contributed by atoms with Crippen LogP contribution in [0.4, 0.5) is 0 Å². The molecule has 1 aliphatic heterocycles. The minimum Gasteiger partial charge on any atom is -0.497 e. The fourth-order valence-corrected chi connectivity index (χ4v) is 3.81. The summed E-state index contributed by atoms with van der Waals surface area (Å²) >= 11 is 0. The monoisotopic (exact) mass is 355 g/mol. The smallest absolute Gasteiger partial charge is 0.315 e. The van der Waals surface area contributed by atoms with E-state index in [1.54, 1.807) is 7.11 Å². The van der Waals surface area contributed by atoms with Crippen LogP contribution in [-0.4, -0.2) is 30.7 Å². The third kappa shape index (κ3) is 3.43. The SMILES string of the molecule is COc1cccc([C@@H]2C3=C(CCCC3=O)N=C(C)C2C(=O)OC(C)C)c1. The van der Waals surface area contributed by atoms with Crippen molar-refractivity contribution >= 4 is 17.5 Å². The number of rotatable bonds is 4. The highest BCUT2D eigenvalue weighted by atomic mass is 16.5. The lowest BCUT2D eigenvalue weighted by molar-refractivity contribution is -0.150. The molecule has 0 spiro atoms. The van der Waals surface area contributed by atoms with Gasteiger partial charge in [-0.15, -0.1) is 0 Å². The number of ketones is 1. The Morgan fingerprint density at radius 1 is 1.27 bits per heavy atom. The maximum absolute atomic E-state index is 12.9. The summed E-state index contributed by atoms with van der Waals surface area (Å²) in [6, 6.07) is 7.57. The van der Waals surface area contributed by atoms with E-state index >= 15 is 0 Å². The van der Waals surface area contributed by atoms with Gasteiger partial charge in [0.15, 0.2) is 5.78 Å². The fourth-order valence-electron chi connectivity index (χ4n) is 3.81. The molecule has 0 saturated heterocycles. The van der Waals surface area contributed by atoms with Gasteiger partial charge in [0.1, 0.15) is 11.7 Å². The number of carbonyl (C=O) groups excluding carboxylic acids is 2. The molecule has 1 unspecified atom stereocenters. The van der Waals surface area contributed by atoms with Crippen LogP contribution in [0.25, 0.3) is 0 Å². The van der Waals surface area contributed by atoms with Crippen molar-refractivity contribution in [1.82, 2.24) is 0 Å². The topological polar surface area (TPSA) is 65.0 Å². The normalized spacial score (nSPS) is 22.8. The summed E-state index contributed by atoms with van der Waals surface area (Å²) < 4.78 is 10.8. The van der Waals surface area contributed by atoms with Crippen LogP contribution in [0, 0.1) is 5.92 Å². The molecule has 0 aromatic heterocycles. The molecule has 0 radical (unpaired) electrons. The maximum atomic E-state index is 12.9. The average Bonchev–Trinajstić information content (AvgIpc) is 2.60. The van der Waals surface area contributed by atoms with E-state index in [-0.39, 0.29) is 23.8 Å². The number of allylic oxidation sites excluding steroid dienone is 2. The molecule has 3 rings (SSSR count). The van der Waals surface area contributed by atoms with Crippen LogP contribution in [0.5, 0.6) is 5.75 Å². The second-order valence-corrected chi connectivity index (χ2v) is 7.11. The highest BCUT2D eigenvalue weighted by Gasteiger charge is 2.43. The predicted molar refractivity (Wildman–Crippen MR) is 99.4 cm³/mol. The van der Waals surface area contributed by atoms with Gasteiger partial charge >= 0.3 is 5.97 Å². The van der Waals surface area contributed by atoms with E-state index in [0.29, 0.717) is 23.5 Å². The number of hydrogen-bond donors (Lipinski definition) is 0. The first-order valence-electron chi connectivity index (χ1n) is 9.08. The molecule has 0 amide bonds. The van der Waals surface area contributed by atoms with Gasteiger partial charge in [0.25, 0.3) is 0 Å². The molecule has 1 aromatic carbocycles. The van der Waals surface area contributed by atoms with Gasteiger partial charge in [0.05, 0.1) is 13.2 Å². The molecule has 0 N–H and O–H groups in total. The number of nitrogens with zero attached hydrogens (tertiary/aromatic N) is 1. The van der Waals surface area contributed by atoms with Crippen molar-refractivity contribution in [3.05, 3.63) is 41.1 Å². The van der Waals surface area contributed by atoms with Crippen molar-refractivity contribution in [2.24, 2.45) is 10.9 Å². The fraction of sp³-hybridized carbons (Fsp3) is 0.476. The summed E-state index contributed by atoms with van der Waals surface area (Å²) in [5.41, 5.74) is 3.07. The number of methoxy groups -OCH3 is 1. The highest BCUT2D eigenvalue weighted by molar-refractivity contribution is 6.08. The number of carbonyl (C=O) groups is 2. The Balaban J connectivity index is 2.13. The Hall–Kier alpha value is -2.43. The van der Waals surface area contributed by atoms with Gasteiger partial charge in [0, 0.05) is 29.3 Å². The van der Waals surface area contributed by atoms with E-state index in [2.05, 4.69) is 4.99 Å². The lowest BCUT2D eigenvalue weighted by atomic mass is 9.71. The predicted octanol–water partition coefficient (Wildman–Crippen LogP) is 3.83. The Morgan fingerprint density at radius 2 is 2.04 bits per heavy atom. The van der Waals surface area contributed by atoms with Crippen LogP contribution < -0.4 is 4.74 Å². The molecule has 2 aliphatic rings. The van der Waals surface area contributed by atoms with Gasteiger partial charge in [-0.1, -0.05) is 12.1 Å². The van der Waals surface area contributed by atoms with E-state index in [1.807, 2.05) is 45.0 Å². The third-order valence-corrected chi connectivity index (χ3v) is 4.89. The minimum atomic E-state index is -0.592. The van der Waals surface area contributed by atoms with Gasteiger partial charge in [-0.3, -0.25) is 14.6 Å². The zero-order valence-electron chi connectivity index (χ0n) is 15.7. The highest BCUT2D eigenvalue weighted by Crippen LogP contribution is 2.44. The van der Waals surface area contributed by atoms with Gasteiger partial charge in [-0.05, 0) is 51.3 Å². The molecule has 2 atom stereocenters. The third-order valence-electron chi connectivity index (χ3n) is 4.89. The molecular formula is C21H25NO4. The molecule has 5 heteroatoms. The molecule has 26 heavy (non-hydrogen) atoms. The Kier molecular flexibility index (Phi) is 5.25. The molecule has 0 fully saturated rings. The number of aliphatic imine (C=N–C) groups is 1. The largest absolute Gasteiger partial charge is 0.497 e.